The Balaban J connectivity index is 0.970. The van der Waals surface area contributed by atoms with Crippen LogP contribution in [-0.2, 0) is 0 Å². The van der Waals surface area contributed by atoms with Gasteiger partial charge in [0.2, 0.25) is 0 Å². The van der Waals surface area contributed by atoms with Gasteiger partial charge >= 0.3 is 0 Å². The molecule has 1 aromatic heterocycles. The zero-order valence-electron chi connectivity index (χ0n) is 32.2. The number of fused-ring (bicyclic) bond motifs is 2. The van der Waals surface area contributed by atoms with Crippen LogP contribution in [0.4, 0.5) is 17.1 Å². The summed E-state index contributed by atoms with van der Waals surface area (Å²) in [5, 5.41) is 6.00. The smallest absolute Gasteiger partial charge is 0.160 e. The first-order chi connectivity index (χ1) is 28.0. The number of benzene rings is 7. The standard InChI is InChI=1S/C53H42N4/c1-4-37(16-15-36(2)3)53-55-49(42-11-7-5-8-12-42)34-50(56-53)43-25-21-39(22-26-43)45-28-24-41-23-27-44(31-47(41)32-45)38-17-19-40(20-18-38)46-29-30-52-51(33-46)54-35-57(52)48-13-9-6-10-14-48/h4-34,54H,1,35H2,2-3H3/b37-16+. The number of hydrogen-bond donors (Lipinski definition) is 1. The zero-order valence-corrected chi connectivity index (χ0v) is 32.2. The van der Waals surface area contributed by atoms with Gasteiger partial charge in [0.05, 0.1) is 29.4 Å². The lowest BCUT2D eigenvalue weighted by Gasteiger charge is -2.18. The van der Waals surface area contributed by atoms with Crippen molar-refractivity contribution in [3.05, 3.63) is 206 Å². The molecule has 2 heterocycles. The van der Waals surface area contributed by atoms with Crippen molar-refractivity contribution in [2.45, 2.75) is 13.8 Å². The van der Waals surface area contributed by atoms with Crippen LogP contribution in [0.1, 0.15) is 19.7 Å². The molecule has 4 nitrogen and oxygen atoms in total. The molecular weight excluding hydrogens is 693 g/mol. The SMILES string of the molecule is C=C/C(=C\C=C(C)C)c1nc(-c2ccccc2)cc(-c2ccc(-c3ccc4ccc(-c5ccc(-c6ccc7c(c6)NCN7c6ccccc6)cc5)cc4c3)cc2)n1. The van der Waals surface area contributed by atoms with Crippen LogP contribution in [-0.4, -0.2) is 16.6 Å². The maximum absolute atomic E-state index is 5.03. The van der Waals surface area contributed by atoms with Crippen LogP contribution >= 0.6 is 0 Å². The molecule has 4 heteroatoms. The molecule has 0 spiro atoms. The minimum absolute atomic E-state index is 0.652. The van der Waals surface area contributed by atoms with Gasteiger partial charge in [0.25, 0.3) is 0 Å². The quantitative estimate of drug-likeness (QED) is 0.150. The van der Waals surface area contributed by atoms with Crippen molar-refractivity contribution in [1.82, 2.24) is 9.97 Å². The Morgan fingerprint density at radius 2 is 1.04 bits per heavy atom. The fraction of sp³-hybridized carbons (Fsp3) is 0.0566. The molecule has 8 aromatic rings. The molecule has 1 N–H and O–H groups in total. The summed E-state index contributed by atoms with van der Waals surface area (Å²) in [5.74, 6) is 0.652. The van der Waals surface area contributed by atoms with Gasteiger partial charge in [0.1, 0.15) is 0 Å². The van der Waals surface area contributed by atoms with E-state index in [0.29, 0.717) is 5.82 Å². The third kappa shape index (κ3) is 7.41. The number of anilines is 3. The van der Waals surface area contributed by atoms with Gasteiger partial charge in [-0.1, -0.05) is 158 Å². The predicted molar refractivity (Wildman–Crippen MR) is 241 cm³/mol. The van der Waals surface area contributed by atoms with Crippen molar-refractivity contribution in [2.24, 2.45) is 0 Å². The summed E-state index contributed by atoms with van der Waals surface area (Å²) in [4.78, 5) is 12.3. The average molecular weight is 735 g/mol. The molecule has 0 bridgehead atoms. The summed E-state index contributed by atoms with van der Waals surface area (Å²) < 4.78 is 0. The molecule has 1 aliphatic rings. The van der Waals surface area contributed by atoms with Crippen molar-refractivity contribution in [3.63, 3.8) is 0 Å². The van der Waals surface area contributed by atoms with Gasteiger partial charge in [0.15, 0.2) is 5.82 Å². The van der Waals surface area contributed by atoms with Gasteiger partial charge < -0.3 is 10.2 Å². The van der Waals surface area contributed by atoms with Gasteiger partial charge in [-0.2, -0.15) is 0 Å². The highest BCUT2D eigenvalue weighted by Gasteiger charge is 2.20. The number of allylic oxidation sites excluding steroid dienone is 5. The van der Waals surface area contributed by atoms with Gasteiger partial charge in [-0.15, -0.1) is 0 Å². The molecule has 0 radical (unpaired) electrons. The maximum atomic E-state index is 5.03. The second-order valence-corrected chi connectivity index (χ2v) is 14.7. The molecule has 0 saturated heterocycles. The Morgan fingerprint density at radius 1 is 0.526 bits per heavy atom. The summed E-state index contributed by atoms with van der Waals surface area (Å²) in [6.07, 6.45) is 5.93. The van der Waals surface area contributed by atoms with Crippen molar-refractivity contribution in [3.8, 4) is 55.9 Å². The summed E-state index contributed by atoms with van der Waals surface area (Å²) >= 11 is 0. The minimum Gasteiger partial charge on any atom is -0.366 e. The summed E-state index contributed by atoms with van der Waals surface area (Å²) in [5.41, 5.74) is 16.6. The van der Waals surface area contributed by atoms with Crippen molar-refractivity contribution in [1.29, 1.82) is 0 Å². The summed E-state index contributed by atoms with van der Waals surface area (Å²) in [6, 6.07) is 60.6. The van der Waals surface area contributed by atoms with Crippen molar-refractivity contribution >= 4 is 33.4 Å². The van der Waals surface area contributed by atoms with Gasteiger partial charge in [0, 0.05) is 22.4 Å². The van der Waals surface area contributed by atoms with Crippen LogP contribution in [0.15, 0.2) is 200 Å². The highest BCUT2D eigenvalue weighted by atomic mass is 15.3. The minimum atomic E-state index is 0.652. The van der Waals surface area contributed by atoms with E-state index in [2.05, 4.69) is 188 Å². The van der Waals surface area contributed by atoms with Crippen LogP contribution in [0.3, 0.4) is 0 Å². The normalized spacial score (nSPS) is 12.2. The number of nitrogens with one attached hydrogen (secondary N) is 1. The lowest BCUT2D eigenvalue weighted by molar-refractivity contribution is 1.10. The maximum Gasteiger partial charge on any atom is 0.160 e. The predicted octanol–water partition coefficient (Wildman–Crippen LogP) is 14.0. The Morgan fingerprint density at radius 3 is 1.61 bits per heavy atom. The van der Waals surface area contributed by atoms with E-state index >= 15 is 0 Å². The molecule has 0 saturated carbocycles. The van der Waals surface area contributed by atoms with Crippen LogP contribution in [0.5, 0.6) is 0 Å². The Hall–Kier alpha value is -7.30. The average Bonchev–Trinajstić information content (AvgIpc) is 3.70. The Kier molecular flexibility index (Phi) is 9.59. The second-order valence-electron chi connectivity index (χ2n) is 14.7. The molecule has 57 heavy (non-hydrogen) atoms. The second kappa shape index (κ2) is 15.4. The number of aromatic nitrogens is 2. The summed E-state index contributed by atoms with van der Waals surface area (Å²) in [6.45, 7) is 8.98. The number of hydrogen-bond acceptors (Lipinski definition) is 4. The number of rotatable bonds is 9. The Bertz CT molecular complexity index is 2800. The molecule has 0 fully saturated rings. The van der Waals surface area contributed by atoms with E-state index in [1.807, 2.05) is 30.4 Å². The molecule has 0 atom stereocenters. The third-order valence-corrected chi connectivity index (χ3v) is 10.6. The van der Waals surface area contributed by atoms with E-state index in [-0.39, 0.29) is 0 Å². The van der Waals surface area contributed by atoms with E-state index in [1.54, 1.807) is 0 Å². The van der Waals surface area contributed by atoms with Gasteiger partial charge in [-0.05, 0) is 100 Å². The molecule has 1 aliphatic heterocycles. The van der Waals surface area contributed by atoms with E-state index in [0.717, 1.165) is 46.0 Å². The van der Waals surface area contributed by atoms with Crippen LogP contribution in [0.25, 0.3) is 72.2 Å². The highest BCUT2D eigenvalue weighted by molar-refractivity contribution is 5.92. The van der Waals surface area contributed by atoms with Crippen LogP contribution in [0.2, 0.25) is 0 Å². The number of nitrogens with zero attached hydrogens (tertiary/aromatic N) is 3. The zero-order chi connectivity index (χ0) is 38.7. The summed E-state index contributed by atoms with van der Waals surface area (Å²) in [7, 11) is 0. The lowest BCUT2D eigenvalue weighted by Crippen LogP contribution is -2.15. The van der Waals surface area contributed by atoms with E-state index in [9.17, 15) is 0 Å². The largest absolute Gasteiger partial charge is 0.366 e. The van der Waals surface area contributed by atoms with Crippen molar-refractivity contribution in [2.75, 3.05) is 16.9 Å². The molecule has 0 unspecified atom stereocenters. The molecule has 0 amide bonds. The van der Waals surface area contributed by atoms with Gasteiger partial charge in [-0.25, -0.2) is 9.97 Å². The van der Waals surface area contributed by atoms with Crippen molar-refractivity contribution < 1.29 is 0 Å². The molecule has 274 valence electrons. The molecular formula is C53H42N4. The first-order valence-corrected chi connectivity index (χ1v) is 19.4. The third-order valence-electron chi connectivity index (χ3n) is 10.6. The van der Waals surface area contributed by atoms with E-state index in [1.165, 1.54) is 55.5 Å². The van der Waals surface area contributed by atoms with Gasteiger partial charge in [-0.3, -0.25) is 0 Å². The monoisotopic (exact) mass is 734 g/mol. The first kappa shape index (κ1) is 35.4. The van der Waals surface area contributed by atoms with E-state index < -0.39 is 0 Å². The van der Waals surface area contributed by atoms with Crippen LogP contribution < -0.4 is 10.2 Å². The highest BCUT2D eigenvalue weighted by Crippen LogP contribution is 2.40. The molecule has 7 aromatic carbocycles. The Labute approximate surface area is 334 Å². The fourth-order valence-electron chi connectivity index (χ4n) is 7.45. The fourth-order valence-corrected chi connectivity index (χ4v) is 7.45. The van der Waals surface area contributed by atoms with E-state index in [4.69, 9.17) is 9.97 Å². The first-order valence-electron chi connectivity index (χ1n) is 19.4. The number of para-hydroxylation sites is 1. The van der Waals surface area contributed by atoms with Crippen LogP contribution in [0, 0.1) is 0 Å². The topological polar surface area (TPSA) is 41.1 Å². The lowest BCUT2D eigenvalue weighted by atomic mass is 9.96. The molecule has 9 rings (SSSR count). The molecule has 0 aliphatic carbocycles.